The summed E-state index contributed by atoms with van der Waals surface area (Å²) in [7, 11) is 0. The van der Waals surface area contributed by atoms with E-state index in [0.29, 0.717) is 18.7 Å². The highest BCUT2D eigenvalue weighted by molar-refractivity contribution is 6.07. The first-order chi connectivity index (χ1) is 13.2. The lowest BCUT2D eigenvalue weighted by Gasteiger charge is -2.11. The minimum absolute atomic E-state index is 0.123. The van der Waals surface area contributed by atoms with Crippen molar-refractivity contribution in [2.45, 2.75) is 13.5 Å². The van der Waals surface area contributed by atoms with Crippen molar-refractivity contribution in [2.75, 3.05) is 6.54 Å². The lowest BCUT2D eigenvalue weighted by Crippen LogP contribution is -2.27. The number of benzene rings is 2. The molecule has 0 aliphatic rings. The van der Waals surface area contributed by atoms with Crippen molar-refractivity contribution >= 4 is 16.8 Å². The molecule has 0 unspecified atom stereocenters. The van der Waals surface area contributed by atoms with E-state index in [2.05, 4.69) is 15.4 Å². The second kappa shape index (κ2) is 7.37. The number of aromatic nitrogens is 4. The fourth-order valence-electron chi connectivity index (χ4n) is 2.96. The number of hydrogen-bond acceptors (Lipinski definition) is 4. The van der Waals surface area contributed by atoms with Gasteiger partial charge < -0.3 is 5.32 Å². The molecule has 1 amide bonds. The molecule has 0 radical (unpaired) electrons. The highest BCUT2D eigenvalue weighted by Gasteiger charge is 2.13. The molecule has 6 nitrogen and oxygen atoms in total. The molecule has 0 aliphatic heterocycles. The predicted molar refractivity (Wildman–Crippen MR) is 104 cm³/mol. The third-order valence-electron chi connectivity index (χ3n) is 4.40. The molecule has 2 aromatic heterocycles. The number of nitrogens with one attached hydrogen (secondary N) is 1. The number of pyridine rings is 1. The van der Waals surface area contributed by atoms with Crippen molar-refractivity contribution in [3.05, 3.63) is 78.4 Å². The molecule has 4 aromatic rings. The maximum Gasteiger partial charge on any atom is 0.252 e. The Kier molecular flexibility index (Phi) is 4.61. The molecular weight excluding hydrogens is 338 g/mol. The molecular formula is C21H19N5O. The molecule has 0 fully saturated rings. The molecule has 6 heteroatoms. The van der Waals surface area contributed by atoms with Crippen LogP contribution in [0.2, 0.25) is 0 Å². The summed E-state index contributed by atoms with van der Waals surface area (Å²) in [6, 6.07) is 17.7. The molecule has 0 spiro atoms. The SMILES string of the molecule is Cc1ccc(-c2cc(C(=O)NCCn3cncn3)c3ccccc3n2)cc1. The first-order valence-corrected chi connectivity index (χ1v) is 8.78. The third-order valence-corrected chi connectivity index (χ3v) is 4.40. The molecule has 0 aliphatic carbocycles. The average Bonchev–Trinajstić information content (AvgIpc) is 3.21. The maximum atomic E-state index is 12.8. The molecule has 2 aromatic carbocycles. The summed E-state index contributed by atoms with van der Waals surface area (Å²) >= 11 is 0. The second-order valence-corrected chi connectivity index (χ2v) is 6.35. The number of carbonyl (C=O) groups is 1. The van der Waals surface area contributed by atoms with Crippen LogP contribution < -0.4 is 5.32 Å². The van der Waals surface area contributed by atoms with Gasteiger partial charge in [-0.15, -0.1) is 0 Å². The lowest BCUT2D eigenvalue weighted by molar-refractivity contribution is 0.0953. The zero-order valence-electron chi connectivity index (χ0n) is 15.0. The van der Waals surface area contributed by atoms with E-state index in [4.69, 9.17) is 4.98 Å². The Balaban J connectivity index is 1.65. The molecule has 134 valence electrons. The summed E-state index contributed by atoms with van der Waals surface area (Å²) in [5, 5.41) is 7.84. The van der Waals surface area contributed by atoms with Crippen molar-refractivity contribution < 1.29 is 4.79 Å². The Morgan fingerprint density at radius 2 is 1.93 bits per heavy atom. The van der Waals surface area contributed by atoms with E-state index in [1.54, 1.807) is 11.0 Å². The number of rotatable bonds is 5. The monoisotopic (exact) mass is 357 g/mol. The van der Waals surface area contributed by atoms with Crippen molar-refractivity contribution in [3.63, 3.8) is 0 Å². The van der Waals surface area contributed by atoms with Crippen molar-refractivity contribution in [1.29, 1.82) is 0 Å². The molecule has 27 heavy (non-hydrogen) atoms. The standard InChI is InChI=1S/C21H19N5O/c1-15-6-8-16(9-7-15)20-12-18(17-4-2-3-5-19(17)25-20)21(27)23-10-11-26-14-22-13-24-26/h2-9,12-14H,10-11H2,1H3,(H,23,27). The van der Waals surface area contributed by atoms with Gasteiger partial charge in [-0.1, -0.05) is 48.0 Å². The van der Waals surface area contributed by atoms with Crippen molar-refractivity contribution in [2.24, 2.45) is 0 Å². The van der Waals surface area contributed by atoms with E-state index in [-0.39, 0.29) is 5.91 Å². The molecule has 2 heterocycles. The predicted octanol–water partition coefficient (Wildman–Crippen LogP) is 3.23. The van der Waals surface area contributed by atoms with Crippen LogP contribution in [0.5, 0.6) is 0 Å². The van der Waals surface area contributed by atoms with Crippen LogP contribution >= 0.6 is 0 Å². The lowest BCUT2D eigenvalue weighted by atomic mass is 10.0. The number of hydrogen-bond donors (Lipinski definition) is 1. The fraction of sp³-hybridized carbons (Fsp3) is 0.143. The zero-order valence-corrected chi connectivity index (χ0v) is 15.0. The van der Waals surface area contributed by atoms with E-state index >= 15 is 0 Å². The Morgan fingerprint density at radius 3 is 2.70 bits per heavy atom. The van der Waals surface area contributed by atoms with Gasteiger partial charge in [0.1, 0.15) is 12.7 Å². The van der Waals surface area contributed by atoms with Gasteiger partial charge in [0.05, 0.1) is 23.3 Å². The molecule has 1 N–H and O–H groups in total. The van der Waals surface area contributed by atoms with E-state index in [1.165, 1.54) is 11.9 Å². The van der Waals surface area contributed by atoms with Gasteiger partial charge in [0.15, 0.2) is 0 Å². The van der Waals surface area contributed by atoms with Gasteiger partial charge in [0.2, 0.25) is 0 Å². The third kappa shape index (κ3) is 3.69. The maximum absolute atomic E-state index is 12.8. The van der Waals surface area contributed by atoms with Gasteiger partial charge in [-0.3, -0.25) is 9.48 Å². The van der Waals surface area contributed by atoms with E-state index in [0.717, 1.165) is 22.2 Å². The molecule has 0 bridgehead atoms. The van der Waals surface area contributed by atoms with Crippen LogP contribution in [0, 0.1) is 6.92 Å². The van der Waals surface area contributed by atoms with Gasteiger partial charge in [-0.05, 0) is 19.1 Å². The van der Waals surface area contributed by atoms with Crippen LogP contribution in [-0.2, 0) is 6.54 Å². The van der Waals surface area contributed by atoms with Gasteiger partial charge >= 0.3 is 0 Å². The Hall–Kier alpha value is -3.54. The second-order valence-electron chi connectivity index (χ2n) is 6.35. The first-order valence-electron chi connectivity index (χ1n) is 8.78. The number of fused-ring (bicyclic) bond motifs is 1. The van der Waals surface area contributed by atoms with Gasteiger partial charge in [-0.2, -0.15) is 5.10 Å². The average molecular weight is 357 g/mol. The highest BCUT2D eigenvalue weighted by Crippen LogP contribution is 2.25. The van der Waals surface area contributed by atoms with Crippen LogP contribution in [0.4, 0.5) is 0 Å². The first kappa shape index (κ1) is 16.9. The Morgan fingerprint density at radius 1 is 1.11 bits per heavy atom. The van der Waals surface area contributed by atoms with Gasteiger partial charge in [-0.25, -0.2) is 9.97 Å². The summed E-state index contributed by atoms with van der Waals surface area (Å²) in [4.78, 5) is 21.5. The highest BCUT2D eigenvalue weighted by atomic mass is 16.1. The number of nitrogens with zero attached hydrogens (tertiary/aromatic N) is 4. The molecule has 0 atom stereocenters. The number of para-hydroxylation sites is 1. The summed E-state index contributed by atoms with van der Waals surface area (Å²) in [6.07, 6.45) is 3.11. The van der Waals surface area contributed by atoms with Crippen molar-refractivity contribution in [1.82, 2.24) is 25.1 Å². The minimum atomic E-state index is -0.123. The van der Waals surface area contributed by atoms with Gasteiger partial charge in [0.25, 0.3) is 5.91 Å². The van der Waals surface area contributed by atoms with Crippen LogP contribution in [0.3, 0.4) is 0 Å². The summed E-state index contributed by atoms with van der Waals surface area (Å²) < 4.78 is 1.68. The van der Waals surface area contributed by atoms with Crippen LogP contribution in [0.25, 0.3) is 22.2 Å². The Labute approximate surface area is 156 Å². The van der Waals surface area contributed by atoms with Crippen LogP contribution in [-0.4, -0.2) is 32.2 Å². The number of carbonyl (C=O) groups excluding carboxylic acids is 1. The van der Waals surface area contributed by atoms with E-state index in [1.807, 2.05) is 61.5 Å². The number of aryl methyl sites for hydroxylation is 1. The minimum Gasteiger partial charge on any atom is -0.350 e. The molecule has 0 saturated heterocycles. The largest absolute Gasteiger partial charge is 0.350 e. The van der Waals surface area contributed by atoms with Crippen LogP contribution in [0.15, 0.2) is 67.3 Å². The zero-order chi connectivity index (χ0) is 18.6. The quantitative estimate of drug-likeness (QED) is 0.595. The number of amides is 1. The smallest absolute Gasteiger partial charge is 0.252 e. The Bertz CT molecular complexity index is 1070. The normalized spacial score (nSPS) is 10.9. The van der Waals surface area contributed by atoms with E-state index in [9.17, 15) is 4.79 Å². The summed E-state index contributed by atoms with van der Waals surface area (Å²) in [5.41, 5.74) is 4.38. The fourth-order valence-corrected chi connectivity index (χ4v) is 2.96. The summed E-state index contributed by atoms with van der Waals surface area (Å²) in [6.45, 7) is 3.09. The topological polar surface area (TPSA) is 72.7 Å². The molecule has 0 saturated carbocycles. The van der Waals surface area contributed by atoms with Crippen molar-refractivity contribution in [3.8, 4) is 11.3 Å². The molecule has 4 rings (SSSR count). The van der Waals surface area contributed by atoms with E-state index < -0.39 is 0 Å². The summed E-state index contributed by atoms with van der Waals surface area (Å²) in [5.74, 6) is -0.123. The van der Waals surface area contributed by atoms with Gasteiger partial charge in [0, 0.05) is 17.5 Å². The van der Waals surface area contributed by atoms with Crippen LogP contribution in [0.1, 0.15) is 15.9 Å².